The molecule has 0 saturated carbocycles. The van der Waals surface area contributed by atoms with Crippen molar-refractivity contribution < 1.29 is 9.13 Å². The number of nitrogens with one attached hydrogen (secondary N) is 1. The zero-order valence-corrected chi connectivity index (χ0v) is 11.3. The van der Waals surface area contributed by atoms with Crippen molar-refractivity contribution >= 4 is 17.5 Å². The highest BCUT2D eigenvalue weighted by Crippen LogP contribution is 2.29. The molecule has 1 aromatic carbocycles. The van der Waals surface area contributed by atoms with E-state index in [2.05, 4.69) is 15.3 Å². The van der Waals surface area contributed by atoms with Crippen LogP contribution in [0.3, 0.4) is 0 Å². The second-order valence-corrected chi connectivity index (χ2v) is 4.30. The van der Waals surface area contributed by atoms with Crippen LogP contribution in [0.1, 0.15) is 12.5 Å². The van der Waals surface area contributed by atoms with E-state index < -0.39 is 0 Å². The van der Waals surface area contributed by atoms with Crippen LogP contribution in [-0.2, 0) is 0 Å². The number of anilines is 1. The topological polar surface area (TPSA) is 47.0 Å². The smallest absolute Gasteiger partial charge is 0.243 e. The van der Waals surface area contributed by atoms with Crippen LogP contribution in [0, 0.1) is 12.7 Å². The summed E-state index contributed by atoms with van der Waals surface area (Å²) in [5.41, 5.74) is 0.793. The van der Waals surface area contributed by atoms with Gasteiger partial charge in [-0.3, -0.25) is 0 Å². The second-order valence-electron chi connectivity index (χ2n) is 3.89. The molecule has 2 aromatic rings. The number of benzene rings is 1. The van der Waals surface area contributed by atoms with Gasteiger partial charge in [-0.25, -0.2) is 9.37 Å². The minimum atomic E-state index is -0.377. The van der Waals surface area contributed by atoms with Crippen molar-refractivity contribution in [1.82, 2.24) is 9.97 Å². The highest BCUT2D eigenvalue weighted by atomic mass is 35.5. The van der Waals surface area contributed by atoms with Gasteiger partial charge in [0, 0.05) is 12.6 Å². The third kappa shape index (κ3) is 3.32. The molecule has 100 valence electrons. The summed E-state index contributed by atoms with van der Waals surface area (Å²) >= 11 is 5.97. The maximum absolute atomic E-state index is 13.2. The minimum Gasteiger partial charge on any atom is -0.437 e. The molecule has 0 fully saturated rings. The monoisotopic (exact) mass is 281 g/mol. The van der Waals surface area contributed by atoms with Crippen LogP contribution in [0.25, 0.3) is 0 Å². The van der Waals surface area contributed by atoms with Gasteiger partial charge in [0.2, 0.25) is 11.8 Å². The van der Waals surface area contributed by atoms with Gasteiger partial charge in [0.05, 0.1) is 6.20 Å². The minimum absolute atomic E-state index is 0.196. The van der Waals surface area contributed by atoms with E-state index in [1.165, 1.54) is 18.3 Å². The molecule has 1 N–H and O–H groups in total. The number of hydrogen-bond acceptors (Lipinski definition) is 4. The summed E-state index contributed by atoms with van der Waals surface area (Å²) in [6.07, 6.45) is 1.44. The van der Waals surface area contributed by atoms with Crippen molar-refractivity contribution in [3.05, 3.63) is 40.8 Å². The van der Waals surface area contributed by atoms with Crippen LogP contribution in [0.2, 0.25) is 5.02 Å². The van der Waals surface area contributed by atoms with E-state index in [-0.39, 0.29) is 16.7 Å². The lowest BCUT2D eigenvalue weighted by atomic mass is 10.2. The maximum Gasteiger partial charge on any atom is 0.243 e. The molecule has 4 nitrogen and oxygen atoms in total. The average Bonchev–Trinajstić information content (AvgIpc) is 2.38. The third-order valence-corrected chi connectivity index (χ3v) is 2.66. The molecular formula is C13H13ClFN3O. The van der Waals surface area contributed by atoms with E-state index in [4.69, 9.17) is 16.3 Å². The SMILES string of the molecule is CCNc1ncc(Cl)c(Oc2cc(F)ccc2C)n1. The van der Waals surface area contributed by atoms with Crippen LogP contribution in [0.4, 0.5) is 10.3 Å². The number of rotatable bonds is 4. The van der Waals surface area contributed by atoms with Crippen molar-refractivity contribution in [2.75, 3.05) is 11.9 Å². The van der Waals surface area contributed by atoms with Gasteiger partial charge in [0.15, 0.2) is 0 Å². The molecule has 0 aliphatic heterocycles. The first-order valence-corrected chi connectivity index (χ1v) is 6.18. The van der Waals surface area contributed by atoms with E-state index in [9.17, 15) is 4.39 Å². The molecule has 0 bridgehead atoms. The van der Waals surface area contributed by atoms with Gasteiger partial charge >= 0.3 is 0 Å². The zero-order valence-electron chi connectivity index (χ0n) is 10.6. The van der Waals surface area contributed by atoms with E-state index in [0.29, 0.717) is 18.2 Å². The van der Waals surface area contributed by atoms with Crippen LogP contribution < -0.4 is 10.1 Å². The molecule has 0 aliphatic carbocycles. The van der Waals surface area contributed by atoms with Gasteiger partial charge in [-0.15, -0.1) is 0 Å². The van der Waals surface area contributed by atoms with Crippen molar-refractivity contribution in [1.29, 1.82) is 0 Å². The summed E-state index contributed by atoms with van der Waals surface area (Å²) in [7, 11) is 0. The van der Waals surface area contributed by atoms with Crippen LogP contribution in [-0.4, -0.2) is 16.5 Å². The molecule has 0 amide bonds. The van der Waals surface area contributed by atoms with Gasteiger partial charge < -0.3 is 10.1 Å². The molecule has 19 heavy (non-hydrogen) atoms. The molecular weight excluding hydrogens is 269 g/mol. The number of ether oxygens (including phenoxy) is 1. The molecule has 0 spiro atoms. The molecule has 0 atom stereocenters. The fourth-order valence-corrected chi connectivity index (χ4v) is 1.58. The quantitative estimate of drug-likeness (QED) is 0.926. The lowest BCUT2D eigenvalue weighted by Gasteiger charge is -2.10. The number of hydrogen-bond donors (Lipinski definition) is 1. The molecule has 0 radical (unpaired) electrons. The van der Waals surface area contributed by atoms with E-state index >= 15 is 0 Å². The fraction of sp³-hybridized carbons (Fsp3) is 0.231. The van der Waals surface area contributed by atoms with Crippen molar-refractivity contribution in [2.45, 2.75) is 13.8 Å². The average molecular weight is 282 g/mol. The Labute approximate surface area is 115 Å². The summed E-state index contributed by atoms with van der Waals surface area (Å²) in [6, 6.07) is 4.29. The third-order valence-electron chi connectivity index (χ3n) is 2.40. The van der Waals surface area contributed by atoms with E-state index in [1.54, 1.807) is 6.07 Å². The van der Waals surface area contributed by atoms with Crippen LogP contribution in [0.5, 0.6) is 11.6 Å². The van der Waals surface area contributed by atoms with Crippen molar-refractivity contribution in [2.24, 2.45) is 0 Å². The Morgan fingerprint density at radius 2 is 2.21 bits per heavy atom. The summed E-state index contributed by atoms with van der Waals surface area (Å²) in [6.45, 7) is 4.42. The fourth-order valence-electron chi connectivity index (χ4n) is 1.45. The Hall–Kier alpha value is -1.88. The number of aryl methyl sites for hydroxylation is 1. The Balaban J connectivity index is 2.31. The first-order valence-electron chi connectivity index (χ1n) is 5.80. The normalized spacial score (nSPS) is 10.3. The van der Waals surface area contributed by atoms with E-state index in [0.717, 1.165) is 5.56 Å². The number of halogens is 2. The molecule has 1 heterocycles. The lowest BCUT2D eigenvalue weighted by molar-refractivity contribution is 0.454. The predicted octanol–water partition coefficient (Wildman–Crippen LogP) is 3.80. The predicted molar refractivity (Wildman–Crippen MR) is 72.4 cm³/mol. The van der Waals surface area contributed by atoms with Gasteiger partial charge in [0.1, 0.15) is 16.6 Å². The lowest BCUT2D eigenvalue weighted by Crippen LogP contribution is -2.03. The Kier molecular flexibility index (Phi) is 4.16. The Morgan fingerprint density at radius 3 is 2.95 bits per heavy atom. The molecule has 1 aromatic heterocycles. The molecule has 0 aliphatic rings. The standard InChI is InChI=1S/C13H13ClFN3O/c1-3-16-13-17-7-10(14)12(18-13)19-11-6-9(15)5-4-8(11)2/h4-7H,3H2,1-2H3,(H,16,17,18). The molecule has 2 rings (SSSR count). The Bertz CT molecular complexity index is 592. The van der Waals surface area contributed by atoms with E-state index in [1.807, 2.05) is 13.8 Å². The van der Waals surface area contributed by atoms with Gasteiger partial charge in [0.25, 0.3) is 0 Å². The zero-order chi connectivity index (χ0) is 13.8. The molecule has 6 heteroatoms. The van der Waals surface area contributed by atoms with Gasteiger partial charge in [-0.05, 0) is 25.5 Å². The summed E-state index contributed by atoms with van der Waals surface area (Å²) in [5, 5.41) is 3.22. The second kappa shape index (κ2) is 5.84. The largest absolute Gasteiger partial charge is 0.437 e. The number of nitrogens with zero attached hydrogens (tertiary/aromatic N) is 2. The first-order chi connectivity index (χ1) is 9.10. The Morgan fingerprint density at radius 1 is 1.42 bits per heavy atom. The van der Waals surface area contributed by atoms with Crippen LogP contribution in [0.15, 0.2) is 24.4 Å². The highest BCUT2D eigenvalue weighted by Gasteiger charge is 2.10. The van der Waals surface area contributed by atoms with Gasteiger partial charge in [-0.2, -0.15) is 4.98 Å². The van der Waals surface area contributed by atoms with Crippen molar-refractivity contribution in [3.63, 3.8) is 0 Å². The maximum atomic E-state index is 13.2. The molecule has 0 saturated heterocycles. The van der Waals surface area contributed by atoms with Gasteiger partial charge in [-0.1, -0.05) is 17.7 Å². The summed E-state index contributed by atoms with van der Waals surface area (Å²) < 4.78 is 18.7. The van der Waals surface area contributed by atoms with Crippen molar-refractivity contribution in [3.8, 4) is 11.6 Å². The molecule has 0 unspecified atom stereocenters. The summed E-state index contributed by atoms with van der Waals surface area (Å²) in [4.78, 5) is 8.13. The summed E-state index contributed by atoms with van der Waals surface area (Å²) in [5.74, 6) is 0.609. The number of aromatic nitrogens is 2. The highest BCUT2D eigenvalue weighted by molar-refractivity contribution is 6.31. The first kappa shape index (κ1) is 13.5. The van der Waals surface area contributed by atoms with Crippen LogP contribution >= 0.6 is 11.6 Å².